The standard InChI is InChI=1S/C19H18N2O4S2/c1-11-5-7-13(14(9-11)21(23)24)15-8-6-12(25-15)10-16-17(22)20(18(26)27-16)19(2,3)4/h5-10H,1-4H3/b16-10+. The highest BCUT2D eigenvalue weighted by Crippen LogP contribution is 2.38. The molecule has 3 rings (SSSR count). The highest BCUT2D eigenvalue weighted by molar-refractivity contribution is 8.26. The number of nitro benzene ring substituents is 1. The Balaban J connectivity index is 1.94. The summed E-state index contributed by atoms with van der Waals surface area (Å²) in [6.07, 6.45) is 1.62. The van der Waals surface area contributed by atoms with Crippen LogP contribution in [0.3, 0.4) is 0 Å². The average molecular weight is 402 g/mol. The van der Waals surface area contributed by atoms with Crippen LogP contribution < -0.4 is 0 Å². The molecule has 0 aliphatic carbocycles. The molecule has 1 aliphatic heterocycles. The number of thiocarbonyl (C=S) groups is 1. The second-order valence-electron chi connectivity index (χ2n) is 7.17. The second-order valence-corrected chi connectivity index (χ2v) is 8.84. The normalized spacial score (nSPS) is 16.4. The Morgan fingerprint density at radius 1 is 1.26 bits per heavy atom. The van der Waals surface area contributed by atoms with Gasteiger partial charge in [0.05, 0.1) is 15.4 Å². The smallest absolute Gasteiger partial charge is 0.280 e. The fraction of sp³-hybridized carbons (Fsp3) is 0.263. The molecule has 0 bridgehead atoms. The second kappa shape index (κ2) is 6.94. The lowest BCUT2D eigenvalue weighted by atomic mass is 10.1. The lowest BCUT2D eigenvalue weighted by Gasteiger charge is -2.30. The maximum absolute atomic E-state index is 12.6. The summed E-state index contributed by atoms with van der Waals surface area (Å²) in [5, 5.41) is 11.3. The van der Waals surface area contributed by atoms with Gasteiger partial charge in [0, 0.05) is 17.7 Å². The number of nitrogens with zero attached hydrogens (tertiary/aromatic N) is 2. The van der Waals surface area contributed by atoms with Crippen LogP contribution in [0.4, 0.5) is 5.69 Å². The molecule has 1 saturated heterocycles. The molecule has 140 valence electrons. The molecule has 6 nitrogen and oxygen atoms in total. The lowest BCUT2D eigenvalue weighted by Crippen LogP contribution is -2.44. The minimum Gasteiger partial charge on any atom is -0.456 e. The number of carbonyl (C=O) groups excluding carboxylic acids is 1. The van der Waals surface area contributed by atoms with Gasteiger partial charge in [-0.25, -0.2) is 0 Å². The number of nitro groups is 1. The third-order valence-electron chi connectivity index (χ3n) is 3.98. The zero-order chi connectivity index (χ0) is 19.9. The first-order valence-corrected chi connectivity index (χ1v) is 9.44. The molecule has 2 aromatic rings. The van der Waals surface area contributed by atoms with Crippen molar-refractivity contribution in [3.8, 4) is 11.3 Å². The number of carbonyl (C=O) groups is 1. The van der Waals surface area contributed by atoms with Crippen molar-refractivity contribution < 1.29 is 14.1 Å². The van der Waals surface area contributed by atoms with Crippen molar-refractivity contribution in [1.29, 1.82) is 0 Å². The van der Waals surface area contributed by atoms with Crippen molar-refractivity contribution in [2.24, 2.45) is 0 Å². The maximum atomic E-state index is 12.6. The van der Waals surface area contributed by atoms with E-state index in [1.165, 1.54) is 17.8 Å². The van der Waals surface area contributed by atoms with Crippen LogP contribution in [0, 0.1) is 17.0 Å². The largest absolute Gasteiger partial charge is 0.456 e. The first-order valence-electron chi connectivity index (χ1n) is 8.21. The number of aryl methyl sites for hydroxylation is 1. The van der Waals surface area contributed by atoms with Crippen LogP contribution in [0.1, 0.15) is 32.1 Å². The van der Waals surface area contributed by atoms with E-state index < -0.39 is 10.5 Å². The monoisotopic (exact) mass is 402 g/mol. The van der Waals surface area contributed by atoms with E-state index in [1.807, 2.05) is 20.8 Å². The van der Waals surface area contributed by atoms with Gasteiger partial charge in [-0.2, -0.15) is 0 Å². The van der Waals surface area contributed by atoms with Crippen molar-refractivity contribution in [3.05, 3.63) is 56.7 Å². The van der Waals surface area contributed by atoms with Gasteiger partial charge in [0.25, 0.3) is 11.6 Å². The summed E-state index contributed by atoms with van der Waals surface area (Å²) in [5.41, 5.74) is 0.763. The Bertz CT molecular complexity index is 986. The number of rotatable bonds is 3. The first kappa shape index (κ1) is 19.3. The SMILES string of the molecule is Cc1ccc(-c2ccc(/C=C3/SC(=S)N(C(C)(C)C)C3=O)o2)c([N+](=O)[O-])c1. The van der Waals surface area contributed by atoms with E-state index >= 15 is 0 Å². The van der Waals surface area contributed by atoms with Crippen LogP contribution in [0.2, 0.25) is 0 Å². The number of benzene rings is 1. The van der Waals surface area contributed by atoms with E-state index in [4.69, 9.17) is 16.6 Å². The Morgan fingerprint density at radius 3 is 2.56 bits per heavy atom. The molecule has 1 amide bonds. The van der Waals surface area contributed by atoms with Gasteiger partial charge in [0.1, 0.15) is 15.8 Å². The molecule has 0 spiro atoms. The van der Waals surface area contributed by atoms with Gasteiger partial charge in [0.15, 0.2) is 0 Å². The molecular formula is C19H18N2O4S2. The summed E-state index contributed by atoms with van der Waals surface area (Å²) in [5.74, 6) is 0.644. The fourth-order valence-corrected chi connectivity index (χ4v) is 4.37. The van der Waals surface area contributed by atoms with Gasteiger partial charge in [-0.1, -0.05) is 30.0 Å². The summed E-state index contributed by atoms with van der Waals surface area (Å²) in [7, 11) is 0. The lowest BCUT2D eigenvalue weighted by molar-refractivity contribution is -0.384. The predicted octanol–water partition coefficient (Wildman–Crippen LogP) is 5.16. The van der Waals surface area contributed by atoms with E-state index in [9.17, 15) is 14.9 Å². The summed E-state index contributed by atoms with van der Waals surface area (Å²) in [4.78, 5) is 25.6. The quantitative estimate of drug-likeness (QED) is 0.305. The number of furan rings is 1. The number of amides is 1. The van der Waals surface area contributed by atoms with Gasteiger partial charge in [-0.3, -0.25) is 19.8 Å². The van der Waals surface area contributed by atoms with E-state index in [2.05, 4.69) is 0 Å². The third kappa shape index (κ3) is 3.81. The van der Waals surface area contributed by atoms with Gasteiger partial charge < -0.3 is 4.42 Å². The van der Waals surface area contributed by atoms with Crippen LogP contribution in [0.25, 0.3) is 17.4 Å². The van der Waals surface area contributed by atoms with Crippen molar-refractivity contribution >= 4 is 46.0 Å². The molecule has 0 radical (unpaired) electrons. The molecule has 0 N–H and O–H groups in total. The average Bonchev–Trinajstić information content (AvgIpc) is 3.11. The molecule has 8 heteroatoms. The third-order valence-corrected chi connectivity index (χ3v) is 5.28. The van der Waals surface area contributed by atoms with Crippen LogP contribution >= 0.6 is 24.0 Å². The molecule has 1 aromatic carbocycles. The van der Waals surface area contributed by atoms with Gasteiger partial charge in [-0.15, -0.1) is 0 Å². The molecule has 1 fully saturated rings. The minimum absolute atomic E-state index is 0.0186. The van der Waals surface area contributed by atoms with Gasteiger partial charge >= 0.3 is 0 Å². The molecular weight excluding hydrogens is 384 g/mol. The van der Waals surface area contributed by atoms with Crippen molar-refractivity contribution in [2.45, 2.75) is 33.2 Å². The molecule has 0 saturated carbocycles. The predicted molar refractivity (Wildman–Crippen MR) is 110 cm³/mol. The first-order chi connectivity index (χ1) is 12.6. The fourth-order valence-electron chi connectivity index (χ4n) is 2.75. The Morgan fingerprint density at radius 2 is 1.96 bits per heavy atom. The summed E-state index contributed by atoms with van der Waals surface area (Å²) < 4.78 is 6.26. The van der Waals surface area contributed by atoms with E-state index in [-0.39, 0.29) is 11.6 Å². The Kier molecular flexibility index (Phi) is 4.96. The van der Waals surface area contributed by atoms with E-state index in [0.717, 1.165) is 5.56 Å². The Hall–Kier alpha value is -2.45. The van der Waals surface area contributed by atoms with Crippen molar-refractivity contribution in [3.63, 3.8) is 0 Å². The summed E-state index contributed by atoms with van der Waals surface area (Å²) in [6, 6.07) is 8.30. The molecule has 1 aliphatic rings. The van der Waals surface area contributed by atoms with Crippen LogP contribution in [0.15, 0.2) is 39.7 Å². The zero-order valence-electron chi connectivity index (χ0n) is 15.3. The topological polar surface area (TPSA) is 76.6 Å². The molecule has 0 atom stereocenters. The summed E-state index contributed by atoms with van der Waals surface area (Å²) in [6.45, 7) is 7.55. The molecule has 0 unspecified atom stereocenters. The van der Waals surface area contributed by atoms with Crippen molar-refractivity contribution in [2.75, 3.05) is 0 Å². The van der Waals surface area contributed by atoms with Crippen LogP contribution in [-0.4, -0.2) is 25.6 Å². The van der Waals surface area contributed by atoms with Crippen LogP contribution in [0.5, 0.6) is 0 Å². The van der Waals surface area contributed by atoms with E-state index in [0.29, 0.717) is 26.3 Å². The highest BCUT2D eigenvalue weighted by atomic mass is 32.2. The zero-order valence-corrected chi connectivity index (χ0v) is 16.9. The molecule has 2 heterocycles. The number of thioether (sulfide) groups is 1. The Labute approximate surface area is 166 Å². The van der Waals surface area contributed by atoms with Gasteiger partial charge in [-0.05, 0) is 51.5 Å². The maximum Gasteiger partial charge on any atom is 0.280 e. The minimum atomic E-state index is -0.432. The van der Waals surface area contributed by atoms with E-state index in [1.54, 1.807) is 42.2 Å². The highest BCUT2D eigenvalue weighted by Gasteiger charge is 2.39. The number of hydrogen-bond acceptors (Lipinski definition) is 6. The molecule has 27 heavy (non-hydrogen) atoms. The summed E-state index contributed by atoms with van der Waals surface area (Å²) >= 11 is 6.54. The van der Waals surface area contributed by atoms with Crippen LogP contribution in [-0.2, 0) is 4.79 Å². The molecule has 1 aromatic heterocycles. The number of hydrogen-bond donors (Lipinski definition) is 0. The van der Waals surface area contributed by atoms with Crippen molar-refractivity contribution in [1.82, 2.24) is 4.90 Å². The van der Waals surface area contributed by atoms with Gasteiger partial charge in [0.2, 0.25) is 0 Å².